The molecular weight excluding hydrogens is 281 g/mol. The summed E-state index contributed by atoms with van der Waals surface area (Å²) in [5.41, 5.74) is -1.12. The average Bonchev–Trinajstić information content (AvgIpc) is 2.94. The van der Waals surface area contributed by atoms with Crippen LogP contribution in [0.5, 0.6) is 0 Å². The van der Waals surface area contributed by atoms with Crippen molar-refractivity contribution in [2.75, 3.05) is 0 Å². The molecule has 112 valence electrons. The average molecular weight is 296 g/mol. The van der Waals surface area contributed by atoms with Gasteiger partial charge in [-0.2, -0.15) is 18.4 Å². The number of carbonyl (C=O) groups is 1. The van der Waals surface area contributed by atoms with E-state index in [-0.39, 0.29) is 12.5 Å². The summed E-state index contributed by atoms with van der Waals surface area (Å²) in [7, 11) is 0. The van der Waals surface area contributed by atoms with Gasteiger partial charge in [0, 0.05) is 6.54 Å². The smallest absolute Gasteiger partial charge is 0.351 e. The van der Waals surface area contributed by atoms with Crippen LogP contribution in [0.25, 0.3) is 0 Å². The third kappa shape index (κ3) is 3.35. The van der Waals surface area contributed by atoms with Crippen molar-refractivity contribution < 1.29 is 18.0 Å². The van der Waals surface area contributed by atoms with Crippen LogP contribution in [-0.4, -0.2) is 5.91 Å². The highest BCUT2D eigenvalue weighted by atomic mass is 19.4. The van der Waals surface area contributed by atoms with Crippen molar-refractivity contribution in [3.63, 3.8) is 0 Å². The molecule has 0 radical (unpaired) electrons. The van der Waals surface area contributed by atoms with E-state index in [0.717, 1.165) is 25.0 Å². The molecule has 0 heterocycles. The number of amides is 1. The first-order chi connectivity index (χ1) is 9.87. The maximum atomic E-state index is 12.4. The van der Waals surface area contributed by atoms with E-state index in [9.17, 15) is 23.2 Å². The minimum absolute atomic E-state index is 0.125. The minimum atomic E-state index is -4.36. The Labute approximate surface area is 120 Å². The summed E-state index contributed by atoms with van der Waals surface area (Å²) in [6.07, 6.45) is -1.58. The van der Waals surface area contributed by atoms with Gasteiger partial charge < -0.3 is 5.32 Å². The van der Waals surface area contributed by atoms with Gasteiger partial charge in [0.2, 0.25) is 5.91 Å². The number of nitrogens with one attached hydrogen (secondary N) is 1. The Bertz CT molecular complexity index is 552. The lowest BCUT2D eigenvalue weighted by molar-refractivity contribution is -0.137. The van der Waals surface area contributed by atoms with Gasteiger partial charge in [0.05, 0.1) is 11.6 Å². The lowest BCUT2D eigenvalue weighted by Crippen LogP contribution is -2.37. The number of rotatable bonds is 3. The van der Waals surface area contributed by atoms with Gasteiger partial charge in [0.25, 0.3) is 0 Å². The summed E-state index contributed by atoms with van der Waals surface area (Å²) >= 11 is 0. The fourth-order valence-electron chi connectivity index (χ4n) is 2.53. The third-order valence-electron chi connectivity index (χ3n) is 3.84. The Morgan fingerprint density at radius 3 is 2.29 bits per heavy atom. The lowest BCUT2D eigenvalue weighted by Gasteiger charge is -2.19. The molecular formula is C15H15F3N2O. The fourth-order valence-corrected chi connectivity index (χ4v) is 2.53. The Morgan fingerprint density at radius 1 is 1.24 bits per heavy atom. The number of carbonyl (C=O) groups excluding carboxylic acids is 1. The molecule has 6 heteroatoms. The predicted octanol–water partition coefficient (Wildman–Crippen LogP) is 3.41. The summed E-state index contributed by atoms with van der Waals surface area (Å²) in [6, 6.07) is 6.71. The van der Waals surface area contributed by atoms with Crippen LogP contribution in [0.15, 0.2) is 24.3 Å². The molecule has 1 fully saturated rings. The van der Waals surface area contributed by atoms with E-state index in [1.807, 2.05) is 0 Å². The van der Waals surface area contributed by atoms with Crippen molar-refractivity contribution in [1.29, 1.82) is 5.26 Å². The van der Waals surface area contributed by atoms with Crippen molar-refractivity contribution in [2.24, 2.45) is 5.41 Å². The van der Waals surface area contributed by atoms with E-state index in [0.29, 0.717) is 18.4 Å². The molecule has 1 aliphatic rings. The number of halogens is 3. The number of alkyl halides is 3. The van der Waals surface area contributed by atoms with Gasteiger partial charge in [0.15, 0.2) is 0 Å². The van der Waals surface area contributed by atoms with Gasteiger partial charge in [-0.3, -0.25) is 4.79 Å². The van der Waals surface area contributed by atoms with Gasteiger partial charge in [-0.15, -0.1) is 0 Å². The first-order valence-electron chi connectivity index (χ1n) is 6.73. The summed E-state index contributed by atoms with van der Waals surface area (Å²) < 4.78 is 37.3. The number of hydrogen-bond acceptors (Lipinski definition) is 2. The maximum absolute atomic E-state index is 12.4. The fraction of sp³-hybridized carbons (Fsp3) is 0.467. The van der Waals surface area contributed by atoms with E-state index in [1.54, 1.807) is 0 Å². The van der Waals surface area contributed by atoms with Crippen LogP contribution in [0, 0.1) is 16.7 Å². The molecule has 1 N–H and O–H groups in total. The quantitative estimate of drug-likeness (QED) is 0.929. The van der Waals surface area contributed by atoms with Crippen LogP contribution < -0.4 is 5.32 Å². The van der Waals surface area contributed by atoms with Gasteiger partial charge in [0.1, 0.15) is 5.41 Å². The predicted molar refractivity (Wildman–Crippen MR) is 69.8 cm³/mol. The SMILES string of the molecule is N#CC1(C(=O)NCc2ccc(C(F)(F)F)cc2)CCCC1. The summed E-state index contributed by atoms with van der Waals surface area (Å²) in [5.74, 6) is -0.331. The Hall–Kier alpha value is -2.03. The van der Waals surface area contributed by atoms with Crippen molar-refractivity contribution in [1.82, 2.24) is 5.32 Å². The molecule has 0 spiro atoms. The van der Waals surface area contributed by atoms with Crippen LogP contribution >= 0.6 is 0 Å². The third-order valence-corrected chi connectivity index (χ3v) is 3.84. The molecule has 0 aromatic heterocycles. The van der Waals surface area contributed by atoms with E-state index >= 15 is 0 Å². The summed E-state index contributed by atoms with van der Waals surface area (Å²) in [5, 5.41) is 11.8. The molecule has 0 unspecified atom stereocenters. The second kappa shape index (κ2) is 5.76. The van der Waals surface area contributed by atoms with Crippen LogP contribution in [0.1, 0.15) is 36.8 Å². The molecule has 3 nitrogen and oxygen atoms in total. The zero-order valence-corrected chi connectivity index (χ0v) is 11.3. The highest BCUT2D eigenvalue weighted by Crippen LogP contribution is 2.37. The zero-order valence-electron chi connectivity index (χ0n) is 11.3. The monoisotopic (exact) mass is 296 g/mol. The molecule has 1 aliphatic carbocycles. The molecule has 1 aromatic rings. The largest absolute Gasteiger partial charge is 0.416 e. The molecule has 21 heavy (non-hydrogen) atoms. The van der Waals surface area contributed by atoms with Gasteiger partial charge in [-0.25, -0.2) is 0 Å². The molecule has 2 rings (SSSR count). The first kappa shape index (κ1) is 15.4. The molecule has 0 bridgehead atoms. The molecule has 1 amide bonds. The minimum Gasteiger partial charge on any atom is -0.351 e. The molecule has 1 saturated carbocycles. The van der Waals surface area contributed by atoms with Gasteiger partial charge in [-0.1, -0.05) is 25.0 Å². The second-order valence-corrected chi connectivity index (χ2v) is 5.28. The Balaban J connectivity index is 1.97. The van der Waals surface area contributed by atoms with Crippen molar-refractivity contribution in [3.05, 3.63) is 35.4 Å². The molecule has 0 saturated heterocycles. The number of benzene rings is 1. The normalized spacial score (nSPS) is 17.2. The highest BCUT2D eigenvalue weighted by Gasteiger charge is 2.41. The van der Waals surface area contributed by atoms with Crippen molar-refractivity contribution >= 4 is 5.91 Å². The van der Waals surface area contributed by atoms with Crippen LogP contribution in [0.2, 0.25) is 0 Å². The standard InChI is InChI=1S/C15H15F3N2O/c16-15(17,18)12-5-3-11(4-6-12)9-20-13(21)14(10-19)7-1-2-8-14/h3-6H,1-2,7-9H2,(H,20,21). The summed E-state index contributed by atoms with van der Waals surface area (Å²) in [6.45, 7) is 0.125. The van der Waals surface area contributed by atoms with Gasteiger partial charge >= 0.3 is 6.18 Å². The van der Waals surface area contributed by atoms with E-state index in [2.05, 4.69) is 11.4 Å². The van der Waals surface area contributed by atoms with E-state index in [4.69, 9.17) is 0 Å². The van der Waals surface area contributed by atoms with Crippen LogP contribution in [-0.2, 0) is 17.5 Å². The molecule has 0 aliphatic heterocycles. The number of nitrogens with zero attached hydrogens (tertiary/aromatic N) is 1. The van der Waals surface area contributed by atoms with Crippen molar-refractivity contribution in [2.45, 2.75) is 38.4 Å². The van der Waals surface area contributed by atoms with Gasteiger partial charge in [-0.05, 0) is 30.5 Å². The number of nitriles is 1. The number of hydrogen-bond donors (Lipinski definition) is 1. The molecule has 1 aromatic carbocycles. The topological polar surface area (TPSA) is 52.9 Å². The van der Waals surface area contributed by atoms with E-state index in [1.165, 1.54) is 12.1 Å². The van der Waals surface area contributed by atoms with E-state index < -0.39 is 17.2 Å². The first-order valence-corrected chi connectivity index (χ1v) is 6.73. The maximum Gasteiger partial charge on any atom is 0.416 e. The summed E-state index contributed by atoms with van der Waals surface area (Å²) in [4.78, 5) is 12.1. The highest BCUT2D eigenvalue weighted by molar-refractivity contribution is 5.85. The Kier molecular flexibility index (Phi) is 4.21. The zero-order chi connectivity index (χ0) is 15.5. The molecule has 0 atom stereocenters. The van der Waals surface area contributed by atoms with Crippen molar-refractivity contribution in [3.8, 4) is 6.07 Å². The Morgan fingerprint density at radius 2 is 1.81 bits per heavy atom. The van der Waals surface area contributed by atoms with Crippen LogP contribution in [0.4, 0.5) is 13.2 Å². The second-order valence-electron chi connectivity index (χ2n) is 5.28. The van der Waals surface area contributed by atoms with Crippen LogP contribution in [0.3, 0.4) is 0 Å². The lowest BCUT2D eigenvalue weighted by atomic mass is 9.87.